The Hall–Kier alpha value is -1.57. The van der Waals surface area contributed by atoms with Gasteiger partial charge in [0.1, 0.15) is 0 Å². The van der Waals surface area contributed by atoms with Crippen LogP contribution in [0.5, 0.6) is 0 Å². The van der Waals surface area contributed by atoms with Gasteiger partial charge in [-0.05, 0) is 25.0 Å². The molecule has 0 aliphatic carbocycles. The molecule has 0 aromatic heterocycles. The molecule has 0 bridgehead atoms. The summed E-state index contributed by atoms with van der Waals surface area (Å²) in [5.41, 5.74) is 7.77. The van der Waals surface area contributed by atoms with Crippen LogP contribution in [0.3, 0.4) is 0 Å². The molecule has 2 N–H and O–H groups in total. The van der Waals surface area contributed by atoms with Crippen LogP contribution in [0.1, 0.15) is 19.4 Å². The predicted molar refractivity (Wildman–Crippen MR) is 53.9 cm³/mol. The fourth-order valence-electron chi connectivity index (χ4n) is 1.09. The van der Waals surface area contributed by atoms with Crippen LogP contribution in [-0.2, 0) is 4.79 Å². The topological polar surface area (TPSA) is 43.1 Å². The highest BCUT2D eigenvalue weighted by Gasteiger charge is 2.03. The Kier molecular flexibility index (Phi) is 2.85. The van der Waals surface area contributed by atoms with Crippen molar-refractivity contribution in [2.24, 2.45) is 5.73 Å². The van der Waals surface area contributed by atoms with Crippen LogP contribution < -0.4 is 5.73 Å². The van der Waals surface area contributed by atoms with E-state index in [1.807, 2.05) is 37.3 Å². The molecule has 0 saturated carbocycles. The predicted octanol–water partition coefficient (Wildman–Crippen LogP) is 1.97. The highest BCUT2D eigenvalue weighted by molar-refractivity contribution is 5.99. The van der Waals surface area contributed by atoms with Crippen LogP contribution >= 0.6 is 0 Å². The largest absolute Gasteiger partial charge is 0.366 e. The molecule has 0 aliphatic rings. The lowest BCUT2D eigenvalue weighted by molar-refractivity contribution is -0.114. The maximum absolute atomic E-state index is 10.9. The van der Waals surface area contributed by atoms with Gasteiger partial charge in [-0.15, -0.1) is 0 Å². The highest BCUT2D eigenvalue weighted by atomic mass is 16.1. The first-order valence-corrected chi connectivity index (χ1v) is 4.15. The van der Waals surface area contributed by atoms with Crippen LogP contribution in [0.15, 0.2) is 35.9 Å². The average molecular weight is 175 g/mol. The summed E-state index contributed by atoms with van der Waals surface area (Å²) < 4.78 is 0. The molecule has 0 unspecified atom stereocenters. The zero-order valence-electron chi connectivity index (χ0n) is 7.87. The van der Waals surface area contributed by atoms with Crippen molar-refractivity contribution in [2.75, 3.05) is 0 Å². The summed E-state index contributed by atoms with van der Waals surface area (Å²) in [6.45, 7) is 3.64. The van der Waals surface area contributed by atoms with Crippen LogP contribution in [0, 0.1) is 0 Å². The normalized spacial score (nSPS) is 12.2. The van der Waals surface area contributed by atoms with Crippen LogP contribution in [-0.4, -0.2) is 5.91 Å². The number of primary amides is 1. The number of hydrogen-bond donors (Lipinski definition) is 1. The summed E-state index contributed by atoms with van der Waals surface area (Å²) in [4.78, 5) is 10.9. The zero-order valence-corrected chi connectivity index (χ0v) is 7.87. The molecule has 1 amide bonds. The molecule has 1 aromatic carbocycles. The van der Waals surface area contributed by atoms with Crippen LogP contribution in [0.2, 0.25) is 0 Å². The molecular weight excluding hydrogens is 162 g/mol. The molecule has 1 rings (SSSR count). The van der Waals surface area contributed by atoms with Gasteiger partial charge >= 0.3 is 0 Å². The minimum absolute atomic E-state index is 0.360. The summed E-state index contributed by atoms with van der Waals surface area (Å²) >= 11 is 0. The smallest absolute Gasteiger partial charge is 0.244 e. The molecule has 2 heteroatoms. The Balaban J connectivity index is 3.11. The van der Waals surface area contributed by atoms with Crippen molar-refractivity contribution in [3.63, 3.8) is 0 Å². The van der Waals surface area contributed by atoms with Crippen molar-refractivity contribution in [2.45, 2.75) is 13.8 Å². The van der Waals surface area contributed by atoms with Gasteiger partial charge in [-0.25, -0.2) is 0 Å². The fourth-order valence-corrected chi connectivity index (χ4v) is 1.09. The maximum Gasteiger partial charge on any atom is 0.244 e. The van der Waals surface area contributed by atoms with E-state index in [9.17, 15) is 4.79 Å². The Morgan fingerprint density at radius 1 is 1.15 bits per heavy atom. The van der Waals surface area contributed by atoms with E-state index in [-0.39, 0.29) is 5.91 Å². The Labute approximate surface area is 78.1 Å². The Morgan fingerprint density at radius 3 is 2.15 bits per heavy atom. The average Bonchev–Trinajstić information content (AvgIpc) is 2.17. The molecule has 0 saturated heterocycles. The third kappa shape index (κ3) is 2.18. The number of carbonyl (C=O) groups excluding carboxylic acids is 1. The van der Waals surface area contributed by atoms with E-state index >= 15 is 0 Å². The number of rotatable bonds is 2. The minimum Gasteiger partial charge on any atom is -0.366 e. The number of carbonyl (C=O) groups is 1. The minimum atomic E-state index is -0.360. The molecule has 2 nitrogen and oxygen atoms in total. The van der Waals surface area contributed by atoms with Gasteiger partial charge in [0.2, 0.25) is 5.91 Å². The first-order chi connectivity index (χ1) is 6.13. The van der Waals surface area contributed by atoms with Gasteiger partial charge in [0, 0.05) is 5.57 Å². The third-order valence-corrected chi connectivity index (χ3v) is 2.14. The van der Waals surface area contributed by atoms with Crippen LogP contribution in [0.4, 0.5) is 0 Å². The second-order valence-corrected chi connectivity index (χ2v) is 2.98. The van der Waals surface area contributed by atoms with Crippen molar-refractivity contribution >= 4 is 11.5 Å². The molecule has 0 radical (unpaired) electrons. The molecule has 0 atom stereocenters. The van der Waals surface area contributed by atoms with Crippen molar-refractivity contribution in [3.8, 4) is 0 Å². The molecular formula is C11H13NO. The van der Waals surface area contributed by atoms with Crippen molar-refractivity contribution in [1.82, 2.24) is 0 Å². The lowest BCUT2D eigenvalue weighted by Gasteiger charge is -2.03. The van der Waals surface area contributed by atoms with E-state index in [0.29, 0.717) is 5.57 Å². The lowest BCUT2D eigenvalue weighted by atomic mass is 10.0. The molecule has 13 heavy (non-hydrogen) atoms. The molecule has 0 spiro atoms. The molecule has 0 fully saturated rings. The number of allylic oxidation sites excluding steroid dienone is 1. The van der Waals surface area contributed by atoms with Gasteiger partial charge in [-0.3, -0.25) is 4.79 Å². The number of nitrogens with two attached hydrogens (primary N) is 1. The summed E-state index contributed by atoms with van der Waals surface area (Å²) in [5.74, 6) is -0.360. The van der Waals surface area contributed by atoms with E-state index in [4.69, 9.17) is 5.73 Å². The van der Waals surface area contributed by atoms with E-state index in [2.05, 4.69) is 0 Å². The van der Waals surface area contributed by atoms with Crippen molar-refractivity contribution < 1.29 is 4.79 Å². The van der Waals surface area contributed by atoms with Gasteiger partial charge in [0.25, 0.3) is 0 Å². The molecule has 68 valence electrons. The second-order valence-electron chi connectivity index (χ2n) is 2.98. The van der Waals surface area contributed by atoms with E-state index in [1.54, 1.807) is 6.92 Å². The molecule has 0 heterocycles. The quantitative estimate of drug-likeness (QED) is 0.686. The summed E-state index contributed by atoms with van der Waals surface area (Å²) in [6.07, 6.45) is 0. The second kappa shape index (κ2) is 3.90. The molecule has 1 aromatic rings. The Bertz CT molecular complexity index is 338. The first-order valence-electron chi connectivity index (χ1n) is 4.15. The van der Waals surface area contributed by atoms with Gasteiger partial charge in [-0.1, -0.05) is 30.3 Å². The van der Waals surface area contributed by atoms with E-state index in [0.717, 1.165) is 11.1 Å². The summed E-state index contributed by atoms with van der Waals surface area (Å²) in [6, 6.07) is 9.74. The zero-order chi connectivity index (χ0) is 9.84. The van der Waals surface area contributed by atoms with Gasteiger partial charge in [0.15, 0.2) is 0 Å². The van der Waals surface area contributed by atoms with Crippen molar-refractivity contribution in [1.29, 1.82) is 0 Å². The van der Waals surface area contributed by atoms with Gasteiger partial charge in [0.05, 0.1) is 0 Å². The summed E-state index contributed by atoms with van der Waals surface area (Å²) in [7, 11) is 0. The number of benzene rings is 1. The maximum atomic E-state index is 10.9. The highest BCUT2D eigenvalue weighted by Crippen LogP contribution is 2.16. The van der Waals surface area contributed by atoms with Gasteiger partial charge < -0.3 is 5.73 Å². The standard InChI is InChI=1S/C11H13NO/c1-8(9(2)11(12)13)10-6-4-3-5-7-10/h3-7H,1-2H3,(H2,12,13)/b9-8+. The Morgan fingerprint density at radius 2 is 1.69 bits per heavy atom. The summed E-state index contributed by atoms with van der Waals surface area (Å²) in [5, 5.41) is 0. The van der Waals surface area contributed by atoms with Gasteiger partial charge in [-0.2, -0.15) is 0 Å². The first kappa shape index (κ1) is 9.52. The van der Waals surface area contributed by atoms with Crippen LogP contribution in [0.25, 0.3) is 5.57 Å². The lowest BCUT2D eigenvalue weighted by Crippen LogP contribution is -2.12. The van der Waals surface area contributed by atoms with E-state index < -0.39 is 0 Å². The third-order valence-electron chi connectivity index (χ3n) is 2.14. The number of hydrogen-bond acceptors (Lipinski definition) is 1. The SMILES string of the molecule is C/C(C(N)=O)=C(/C)c1ccccc1. The monoisotopic (exact) mass is 175 g/mol. The number of amides is 1. The fraction of sp³-hybridized carbons (Fsp3) is 0.182. The molecule has 0 aliphatic heterocycles. The van der Waals surface area contributed by atoms with Crippen molar-refractivity contribution in [3.05, 3.63) is 41.5 Å². The van der Waals surface area contributed by atoms with E-state index in [1.165, 1.54) is 0 Å².